The summed E-state index contributed by atoms with van der Waals surface area (Å²) < 4.78 is 13.1. The molecule has 118 valence electrons. The van der Waals surface area contributed by atoms with Gasteiger partial charge in [0.15, 0.2) is 0 Å². The number of rotatable bonds is 3. The van der Waals surface area contributed by atoms with Crippen LogP contribution in [0.25, 0.3) is 0 Å². The van der Waals surface area contributed by atoms with Crippen molar-refractivity contribution in [2.24, 2.45) is 0 Å². The molecule has 4 nitrogen and oxygen atoms in total. The molecular formula is C17H21FN2O2. The van der Waals surface area contributed by atoms with Gasteiger partial charge < -0.3 is 5.32 Å². The van der Waals surface area contributed by atoms with E-state index in [0.29, 0.717) is 18.5 Å². The third-order valence-corrected chi connectivity index (χ3v) is 4.57. The molecular weight excluding hydrogens is 283 g/mol. The van der Waals surface area contributed by atoms with E-state index in [1.54, 1.807) is 12.1 Å². The van der Waals surface area contributed by atoms with Crippen LogP contribution in [-0.2, 0) is 9.59 Å². The van der Waals surface area contributed by atoms with Gasteiger partial charge in [-0.15, -0.1) is 0 Å². The van der Waals surface area contributed by atoms with Crippen LogP contribution in [0.15, 0.2) is 24.3 Å². The Morgan fingerprint density at radius 1 is 1.09 bits per heavy atom. The fraction of sp³-hybridized carbons (Fsp3) is 0.529. The van der Waals surface area contributed by atoms with Gasteiger partial charge in [-0.2, -0.15) is 0 Å². The van der Waals surface area contributed by atoms with Gasteiger partial charge in [0.05, 0.1) is 0 Å². The van der Waals surface area contributed by atoms with Crippen LogP contribution in [-0.4, -0.2) is 23.9 Å². The smallest absolute Gasteiger partial charge is 0.243 e. The highest BCUT2D eigenvalue weighted by atomic mass is 19.1. The maximum atomic E-state index is 13.1. The Hall–Kier alpha value is -1.91. The van der Waals surface area contributed by atoms with E-state index in [9.17, 15) is 14.0 Å². The van der Waals surface area contributed by atoms with Gasteiger partial charge in [-0.1, -0.05) is 19.3 Å². The van der Waals surface area contributed by atoms with Crippen molar-refractivity contribution in [1.29, 1.82) is 0 Å². The molecule has 0 radical (unpaired) electrons. The fourth-order valence-electron chi connectivity index (χ4n) is 3.40. The number of hydrogen-bond acceptors (Lipinski definition) is 2. The molecule has 0 aromatic heterocycles. The molecule has 3 rings (SSSR count). The van der Waals surface area contributed by atoms with Crippen molar-refractivity contribution in [3.05, 3.63) is 30.1 Å². The summed E-state index contributed by atoms with van der Waals surface area (Å²) in [6.45, 7) is 0. The lowest BCUT2D eigenvalue weighted by molar-refractivity contribution is -0.124. The maximum Gasteiger partial charge on any atom is 0.243 e. The molecule has 1 aliphatic heterocycles. The summed E-state index contributed by atoms with van der Waals surface area (Å²) in [6.07, 6.45) is 6.45. The van der Waals surface area contributed by atoms with E-state index in [2.05, 4.69) is 5.32 Å². The second-order valence-electron chi connectivity index (χ2n) is 6.14. The summed E-state index contributed by atoms with van der Waals surface area (Å²) in [4.78, 5) is 26.2. The molecule has 5 heteroatoms. The number of benzene rings is 1. The van der Waals surface area contributed by atoms with Crippen molar-refractivity contribution in [2.75, 3.05) is 4.90 Å². The highest BCUT2D eigenvalue weighted by molar-refractivity contribution is 6.03. The van der Waals surface area contributed by atoms with Gasteiger partial charge in [0, 0.05) is 18.2 Å². The maximum absolute atomic E-state index is 13.1. The average molecular weight is 304 g/mol. The highest BCUT2D eigenvalue weighted by Crippen LogP contribution is 2.27. The summed E-state index contributed by atoms with van der Waals surface area (Å²) in [5, 5.41) is 3.09. The molecule has 1 atom stereocenters. The lowest BCUT2D eigenvalue weighted by atomic mass is 9.95. The van der Waals surface area contributed by atoms with Gasteiger partial charge in [0.1, 0.15) is 11.9 Å². The largest absolute Gasteiger partial charge is 0.352 e. The van der Waals surface area contributed by atoms with Crippen LogP contribution in [0.3, 0.4) is 0 Å². The van der Waals surface area contributed by atoms with Crippen LogP contribution in [0.2, 0.25) is 0 Å². The molecule has 22 heavy (non-hydrogen) atoms. The van der Waals surface area contributed by atoms with Crippen molar-refractivity contribution >= 4 is 17.5 Å². The van der Waals surface area contributed by atoms with E-state index in [4.69, 9.17) is 0 Å². The number of nitrogens with zero attached hydrogens (tertiary/aromatic N) is 1. The third kappa shape index (κ3) is 3.13. The summed E-state index contributed by atoms with van der Waals surface area (Å²) in [5.41, 5.74) is 0.590. The lowest BCUT2D eigenvalue weighted by Gasteiger charge is -2.28. The number of amides is 2. The van der Waals surface area contributed by atoms with E-state index >= 15 is 0 Å². The Kier molecular flexibility index (Phi) is 4.41. The number of hydrogen-bond donors (Lipinski definition) is 1. The molecule has 1 saturated carbocycles. The first-order chi connectivity index (χ1) is 10.6. The predicted molar refractivity (Wildman–Crippen MR) is 81.9 cm³/mol. The quantitative estimate of drug-likeness (QED) is 0.933. The SMILES string of the molecule is O=C(NC1CCCCC1)C1CCC(=O)N1c1ccc(F)cc1. The number of nitrogens with one attached hydrogen (secondary N) is 1. The Morgan fingerprint density at radius 2 is 1.77 bits per heavy atom. The molecule has 2 fully saturated rings. The van der Waals surface area contributed by atoms with Gasteiger partial charge in [0.25, 0.3) is 0 Å². The Bertz CT molecular complexity index is 552. The first-order valence-electron chi connectivity index (χ1n) is 8.03. The zero-order chi connectivity index (χ0) is 15.5. The van der Waals surface area contributed by atoms with Crippen molar-refractivity contribution in [3.8, 4) is 0 Å². The molecule has 0 bridgehead atoms. The molecule has 2 aliphatic rings. The predicted octanol–water partition coefficient (Wildman–Crippen LogP) is 2.77. The molecule has 1 aromatic rings. The molecule has 1 unspecified atom stereocenters. The van der Waals surface area contributed by atoms with E-state index < -0.39 is 6.04 Å². The van der Waals surface area contributed by atoms with Crippen molar-refractivity contribution in [2.45, 2.75) is 57.0 Å². The van der Waals surface area contributed by atoms with Gasteiger partial charge in [0.2, 0.25) is 11.8 Å². The Labute approximate surface area is 129 Å². The number of anilines is 1. The van der Waals surface area contributed by atoms with Crippen LogP contribution >= 0.6 is 0 Å². The van der Waals surface area contributed by atoms with E-state index in [1.165, 1.54) is 23.5 Å². The van der Waals surface area contributed by atoms with E-state index in [0.717, 1.165) is 25.7 Å². The van der Waals surface area contributed by atoms with Crippen LogP contribution in [0, 0.1) is 5.82 Å². The van der Waals surface area contributed by atoms with Crippen LogP contribution in [0.5, 0.6) is 0 Å². The first-order valence-corrected chi connectivity index (χ1v) is 8.03. The number of carbonyl (C=O) groups is 2. The Balaban J connectivity index is 1.72. The molecule has 1 aromatic carbocycles. The highest BCUT2D eigenvalue weighted by Gasteiger charge is 2.37. The molecule has 1 aliphatic carbocycles. The summed E-state index contributed by atoms with van der Waals surface area (Å²) in [6, 6.07) is 5.50. The monoisotopic (exact) mass is 304 g/mol. The third-order valence-electron chi connectivity index (χ3n) is 4.57. The van der Waals surface area contributed by atoms with E-state index in [-0.39, 0.29) is 23.7 Å². The fourth-order valence-corrected chi connectivity index (χ4v) is 3.40. The minimum atomic E-state index is -0.472. The standard InChI is InChI=1S/C17H21FN2O2/c18-12-6-8-14(9-7-12)20-15(10-11-16(20)21)17(22)19-13-4-2-1-3-5-13/h6-9,13,15H,1-5,10-11H2,(H,19,22). The normalized spacial score (nSPS) is 22.9. The zero-order valence-electron chi connectivity index (χ0n) is 12.6. The molecule has 1 N–H and O–H groups in total. The van der Waals surface area contributed by atoms with Crippen LogP contribution in [0.4, 0.5) is 10.1 Å². The van der Waals surface area contributed by atoms with E-state index in [1.807, 2.05) is 0 Å². The second-order valence-corrected chi connectivity index (χ2v) is 6.14. The van der Waals surface area contributed by atoms with Crippen molar-refractivity contribution in [1.82, 2.24) is 5.32 Å². The molecule has 2 amide bonds. The van der Waals surface area contributed by atoms with Gasteiger partial charge in [-0.3, -0.25) is 14.5 Å². The van der Waals surface area contributed by atoms with Crippen LogP contribution < -0.4 is 10.2 Å². The zero-order valence-corrected chi connectivity index (χ0v) is 12.6. The topological polar surface area (TPSA) is 49.4 Å². The second kappa shape index (κ2) is 6.46. The summed E-state index contributed by atoms with van der Waals surface area (Å²) in [7, 11) is 0. The number of halogens is 1. The molecule has 1 heterocycles. The van der Waals surface area contributed by atoms with Gasteiger partial charge >= 0.3 is 0 Å². The Morgan fingerprint density at radius 3 is 2.45 bits per heavy atom. The number of carbonyl (C=O) groups excluding carboxylic acids is 2. The van der Waals surface area contributed by atoms with Gasteiger partial charge in [-0.05, 0) is 43.5 Å². The molecule has 1 saturated heterocycles. The van der Waals surface area contributed by atoms with Crippen LogP contribution in [0.1, 0.15) is 44.9 Å². The van der Waals surface area contributed by atoms with Crippen molar-refractivity contribution in [3.63, 3.8) is 0 Å². The first kappa shape index (κ1) is 15.0. The van der Waals surface area contributed by atoms with Gasteiger partial charge in [-0.25, -0.2) is 4.39 Å². The minimum Gasteiger partial charge on any atom is -0.352 e. The lowest BCUT2D eigenvalue weighted by Crippen LogP contribution is -2.48. The minimum absolute atomic E-state index is 0.0737. The summed E-state index contributed by atoms with van der Waals surface area (Å²) >= 11 is 0. The van der Waals surface area contributed by atoms with Crippen molar-refractivity contribution < 1.29 is 14.0 Å². The average Bonchev–Trinajstić information content (AvgIpc) is 2.91. The summed E-state index contributed by atoms with van der Waals surface area (Å²) in [5.74, 6) is -0.504. The molecule has 0 spiro atoms.